The van der Waals surface area contributed by atoms with Gasteiger partial charge in [-0.25, -0.2) is 4.98 Å². The van der Waals surface area contributed by atoms with Gasteiger partial charge in [0.25, 0.3) is 0 Å². The van der Waals surface area contributed by atoms with Gasteiger partial charge in [-0.05, 0) is 30.5 Å². The molecule has 0 spiro atoms. The van der Waals surface area contributed by atoms with Crippen LogP contribution >= 0.6 is 23.1 Å². The molecule has 0 unspecified atom stereocenters. The molecule has 1 aromatic heterocycles. The molecule has 23 heavy (non-hydrogen) atoms. The number of thioether (sulfide) groups is 1. The summed E-state index contributed by atoms with van der Waals surface area (Å²) >= 11 is 2.86. The number of nitrogens with zero attached hydrogens (tertiary/aromatic N) is 1. The first kappa shape index (κ1) is 17.7. The minimum atomic E-state index is -0.361. The monoisotopic (exact) mass is 351 g/mol. The second kappa shape index (κ2) is 8.88. The maximum absolute atomic E-state index is 11.9. The highest BCUT2D eigenvalue weighted by atomic mass is 32.2. The van der Waals surface area contributed by atoms with Crippen LogP contribution in [0.4, 0.5) is 5.13 Å². The third-order valence-electron chi connectivity index (χ3n) is 3.24. The molecule has 0 aliphatic carbocycles. The van der Waals surface area contributed by atoms with Crippen molar-refractivity contribution in [2.75, 3.05) is 16.8 Å². The van der Waals surface area contributed by atoms with Crippen LogP contribution in [0.3, 0.4) is 0 Å². The summed E-state index contributed by atoms with van der Waals surface area (Å²) in [5.41, 5.74) is 7.27. The van der Waals surface area contributed by atoms with E-state index in [1.54, 1.807) is 0 Å². The van der Waals surface area contributed by atoms with Crippen LogP contribution in [0.15, 0.2) is 18.2 Å². The van der Waals surface area contributed by atoms with E-state index < -0.39 is 0 Å². The third kappa shape index (κ3) is 5.84. The van der Waals surface area contributed by atoms with Crippen molar-refractivity contribution in [3.05, 3.63) is 23.8 Å². The van der Waals surface area contributed by atoms with Gasteiger partial charge >= 0.3 is 0 Å². The van der Waals surface area contributed by atoms with E-state index in [2.05, 4.69) is 29.4 Å². The Kier molecular flexibility index (Phi) is 6.85. The molecule has 0 radical (unpaired) electrons. The minimum absolute atomic E-state index is 0.0905. The van der Waals surface area contributed by atoms with E-state index in [1.165, 1.54) is 41.5 Å². The molecule has 0 bridgehead atoms. The number of nitrogens with one attached hydrogen (secondary N) is 1. The van der Waals surface area contributed by atoms with Crippen molar-refractivity contribution in [1.82, 2.24) is 4.98 Å². The first-order chi connectivity index (χ1) is 11.1. The van der Waals surface area contributed by atoms with Gasteiger partial charge in [0.2, 0.25) is 11.8 Å². The van der Waals surface area contributed by atoms with Crippen molar-refractivity contribution in [2.45, 2.75) is 32.6 Å². The van der Waals surface area contributed by atoms with Gasteiger partial charge in [0.05, 0.1) is 16.0 Å². The quantitative estimate of drug-likeness (QED) is 0.680. The van der Waals surface area contributed by atoms with Gasteiger partial charge in [0.15, 0.2) is 5.13 Å². The lowest BCUT2D eigenvalue weighted by Crippen LogP contribution is -2.15. The Bertz CT molecular complexity index is 685. The molecule has 0 aliphatic rings. The fraction of sp³-hybridized carbons (Fsp3) is 0.438. The van der Waals surface area contributed by atoms with Gasteiger partial charge in [0.1, 0.15) is 0 Å². The Hall–Kier alpha value is -1.60. The Balaban J connectivity index is 1.89. The molecule has 124 valence electrons. The molecule has 2 aromatic rings. The van der Waals surface area contributed by atoms with Crippen LogP contribution in [0.2, 0.25) is 0 Å². The van der Waals surface area contributed by atoms with Crippen molar-refractivity contribution in [1.29, 1.82) is 0 Å². The van der Waals surface area contributed by atoms with Crippen molar-refractivity contribution in [3.63, 3.8) is 0 Å². The van der Waals surface area contributed by atoms with Crippen LogP contribution in [0.5, 0.6) is 0 Å². The summed E-state index contributed by atoms with van der Waals surface area (Å²) in [5, 5.41) is 3.44. The number of carbonyl (C=O) groups is 2. The molecule has 1 aromatic carbocycles. The van der Waals surface area contributed by atoms with Crippen molar-refractivity contribution < 1.29 is 9.59 Å². The Morgan fingerprint density at radius 1 is 1.39 bits per heavy atom. The Labute approximate surface area is 144 Å². The molecular formula is C16H21N3O2S2. The lowest BCUT2D eigenvalue weighted by Gasteiger charge is -2.00. The van der Waals surface area contributed by atoms with Crippen molar-refractivity contribution >= 4 is 50.3 Å². The number of carbonyl (C=O) groups excluding carboxylic acids is 2. The second-order valence-electron chi connectivity index (χ2n) is 5.24. The number of nitrogens with two attached hydrogens (primary N) is 1. The fourth-order valence-corrected chi connectivity index (χ4v) is 3.70. The number of fused-ring (bicyclic) bond motifs is 1. The highest BCUT2D eigenvalue weighted by Gasteiger charge is 2.08. The number of hydrogen-bond acceptors (Lipinski definition) is 5. The predicted molar refractivity (Wildman–Crippen MR) is 98.0 cm³/mol. The summed E-state index contributed by atoms with van der Waals surface area (Å²) in [6.45, 7) is 2.18. The van der Waals surface area contributed by atoms with E-state index in [0.29, 0.717) is 17.3 Å². The highest BCUT2D eigenvalue weighted by Crippen LogP contribution is 2.27. The van der Waals surface area contributed by atoms with E-state index in [4.69, 9.17) is 5.73 Å². The second-order valence-corrected chi connectivity index (χ2v) is 7.38. The van der Waals surface area contributed by atoms with Crippen LogP contribution in [0, 0.1) is 0 Å². The Morgan fingerprint density at radius 2 is 2.22 bits per heavy atom. The Morgan fingerprint density at radius 3 is 2.96 bits per heavy atom. The van der Waals surface area contributed by atoms with E-state index in [-0.39, 0.29) is 17.6 Å². The highest BCUT2D eigenvalue weighted by molar-refractivity contribution is 7.99. The summed E-state index contributed by atoms with van der Waals surface area (Å²) in [6.07, 6.45) is 3.77. The number of aromatic nitrogens is 1. The number of thiazole rings is 1. The predicted octanol–water partition coefficient (Wildman–Crippen LogP) is 3.19. The van der Waals surface area contributed by atoms with Crippen LogP contribution in [0.1, 0.15) is 31.7 Å². The number of primary amides is 1. The van der Waals surface area contributed by atoms with Crippen molar-refractivity contribution in [2.24, 2.45) is 5.73 Å². The fourth-order valence-electron chi connectivity index (χ4n) is 2.08. The maximum Gasteiger partial charge on any atom is 0.227 e. The number of unbranched alkanes of at least 4 members (excludes halogenated alkanes) is 1. The first-order valence-corrected chi connectivity index (χ1v) is 9.61. The van der Waals surface area contributed by atoms with Gasteiger partial charge < -0.3 is 11.1 Å². The first-order valence-electron chi connectivity index (χ1n) is 7.64. The number of rotatable bonds is 9. The summed E-state index contributed by atoms with van der Waals surface area (Å²) in [5.74, 6) is 0.364. The average Bonchev–Trinajstić information content (AvgIpc) is 2.90. The van der Waals surface area contributed by atoms with Crippen LogP contribution in [0.25, 0.3) is 10.2 Å². The maximum atomic E-state index is 11.9. The van der Waals surface area contributed by atoms with E-state index >= 15 is 0 Å². The largest absolute Gasteiger partial charge is 0.369 e. The molecule has 5 nitrogen and oxygen atoms in total. The summed E-state index contributed by atoms with van der Waals surface area (Å²) in [7, 11) is 0. The van der Waals surface area contributed by atoms with Gasteiger partial charge in [-0.2, -0.15) is 11.8 Å². The third-order valence-corrected chi connectivity index (χ3v) is 5.15. The number of benzene rings is 1. The minimum Gasteiger partial charge on any atom is -0.369 e. The molecule has 2 rings (SSSR count). The molecular weight excluding hydrogens is 330 g/mol. The lowest BCUT2D eigenvalue weighted by atomic mass is 10.1. The van der Waals surface area contributed by atoms with Crippen molar-refractivity contribution in [3.8, 4) is 0 Å². The zero-order valence-electron chi connectivity index (χ0n) is 13.1. The smallest absolute Gasteiger partial charge is 0.227 e. The zero-order chi connectivity index (χ0) is 16.7. The van der Waals surface area contributed by atoms with E-state index in [9.17, 15) is 9.59 Å². The molecule has 0 saturated heterocycles. The molecule has 0 saturated carbocycles. The topological polar surface area (TPSA) is 85.1 Å². The number of aryl methyl sites for hydroxylation is 1. The molecule has 0 aliphatic heterocycles. The van der Waals surface area contributed by atoms with Crippen LogP contribution < -0.4 is 11.1 Å². The molecule has 0 fully saturated rings. The van der Waals surface area contributed by atoms with Crippen LogP contribution in [-0.4, -0.2) is 28.3 Å². The number of hydrogen-bond donors (Lipinski definition) is 2. The SMILES string of the molecule is CCCCc1ccc2nc(NC(=O)CCSCC(N)=O)sc2c1. The lowest BCUT2D eigenvalue weighted by molar-refractivity contribution is -0.116. The number of anilines is 1. The summed E-state index contributed by atoms with van der Waals surface area (Å²) in [6, 6.07) is 6.26. The summed E-state index contributed by atoms with van der Waals surface area (Å²) < 4.78 is 1.09. The van der Waals surface area contributed by atoms with Gasteiger partial charge in [-0.1, -0.05) is 30.7 Å². The molecule has 7 heteroatoms. The average molecular weight is 351 g/mol. The van der Waals surface area contributed by atoms with Crippen LogP contribution in [-0.2, 0) is 16.0 Å². The molecule has 2 amide bonds. The van der Waals surface area contributed by atoms with Gasteiger partial charge in [0, 0.05) is 12.2 Å². The van der Waals surface area contributed by atoms with E-state index in [0.717, 1.165) is 16.6 Å². The zero-order valence-corrected chi connectivity index (χ0v) is 14.8. The molecule has 1 heterocycles. The number of amides is 2. The van der Waals surface area contributed by atoms with E-state index in [1.807, 2.05) is 6.07 Å². The normalized spacial score (nSPS) is 10.8. The van der Waals surface area contributed by atoms with Gasteiger partial charge in [-0.15, -0.1) is 0 Å². The summed E-state index contributed by atoms with van der Waals surface area (Å²) in [4.78, 5) is 26.9. The molecule has 0 atom stereocenters. The molecule has 3 N–H and O–H groups in total. The standard InChI is InChI=1S/C16H21N3O2S2/c1-2-3-4-11-5-6-12-13(9-11)23-16(18-12)19-15(21)7-8-22-10-14(17)20/h5-6,9H,2-4,7-8,10H2,1H3,(H2,17,20)(H,18,19,21). The van der Waals surface area contributed by atoms with Gasteiger partial charge in [-0.3, -0.25) is 9.59 Å².